The molecule has 0 unspecified atom stereocenters. The van der Waals surface area contributed by atoms with E-state index in [2.05, 4.69) is 17.6 Å². The van der Waals surface area contributed by atoms with Gasteiger partial charge in [0, 0.05) is 63.0 Å². The molecule has 1 aliphatic carbocycles. The quantitative estimate of drug-likeness (QED) is 0.312. The van der Waals surface area contributed by atoms with Gasteiger partial charge in [0.1, 0.15) is 17.6 Å². The van der Waals surface area contributed by atoms with Crippen LogP contribution in [0.3, 0.4) is 0 Å². The fourth-order valence-electron chi connectivity index (χ4n) is 7.35. The summed E-state index contributed by atoms with van der Waals surface area (Å²) in [6.45, 7) is 7.24. The van der Waals surface area contributed by atoms with Crippen molar-refractivity contribution in [3.05, 3.63) is 59.0 Å². The minimum Gasteiger partial charge on any atom is -0.372 e. The second-order valence-electron chi connectivity index (χ2n) is 13.4. The van der Waals surface area contributed by atoms with Gasteiger partial charge in [-0.25, -0.2) is 8.91 Å². The predicted octanol–water partition coefficient (Wildman–Crippen LogP) is 5.12. The number of aryl methyl sites for hydroxylation is 1. The summed E-state index contributed by atoms with van der Waals surface area (Å²) in [6.07, 6.45) is 7.13. The average molecular weight is 615 g/mol. The van der Waals surface area contributed by atoms with Gasteiger partial charge in [-0.1, -0.05) is 0 Å². The average Bonchev–Trinajstić information content (AvgIpc) is 3.72. The highest BCUT2D eigenvalue weighted by Gasteiger charge is 2.31. The van der Waals surface area contributed by atoms with Crippen LogP contribution < -0.4 is 5.73 Å². The van der Waals surface area contributed by atoms with E-state index in [0.29, 0.717) is 31.1 Å². The Labute approximate surface area is 263 Å². The third kappa shape index (κ3) is 5.63. The zero-order valence-corrected chi connectivity index (χ0v) is 26.5. The van der Waals surface area contributed by atoms with Crippen LogP contribution in [0.4, 0.5) is 4.39 Å². The molecule has 1 aromatic carbocycles. The van der Waals surface area contributed by atoms with Gasteiger partial charge in [0.25, 0.3) is 11.8 Å². The second kappa shape index (κ2) is 11.9. The van der Waals surface area contributed by atoms with Crippen molar-refractivity contribution in [2.75, 3.05) is 33.3 Å². The van der Waals surface area contributed by atoms with Gasteiger partial charge in [-0.3, -0.25) is 9.59 Å². The van der Waals surface area contributed by atoms with Crippen molar-refractivity contribution in [2.24, 2.45) is 11.7 Å². The molecule has 5 heterocycles. The summed E-state index contributed by atoms with van der Waals surface area (Å²) in [5.41, 5.74) is 12.6. The molecule has 3 aliphatic rings. The Morgan fingerprint density at radius 2 is 1.84 bits per heavy atom. The van der Waals surface area contributed by atoms with Gasteiger partial charge < -0.3 is 24.8 Å². The number of rotatable bonds is 7. The maximum absolute atomic E-state index is 15.2. The van der Waals surface area contributed by atoms with E-state index in [-0.39, 0.29) is 29.6 Å². The van der Waals surface area contributed by atoms with Crippen molar-refractivity contribution in [3.63, 3.8) is 0 Å². The van der Waals surface area contributed by atoms with Crippen LogP contribution >= 0.6 is 0 Å². The van der Waals surface area contributed by atoms with Gasteiger partial charge in [-0.2, -0.15) is 5.10 Å². The van der Waals surface area contributed by atoms with Gasteiger partial charge >= 0.3 is 0 Å². The Kier molecular flexibility index (Phi) is 7.90. The lowest BCUT2D eigenvalue weighted by Gasteiger charge is -2.34. The molecular weight excluding hydrogens is 571 g/mol. The Morgan fingerprint density at radius 1 is 1.07 bits per heavy atom. The third-order valence-corrected chi connectivity index (χ3v) is 10.2. The largest absolute Gasteiger partial charge is 0.372 e. The number of carbonyl (C=O) groups excluding carboxylic acids is 2. The number of ether oxygens (including phenoxy) is 1. The minimum atomic E-state index is -0.466. The van der Waals surface area contributed by atoms with E-state index in [1.54, 1.807) is 26.2 Å². The Hall–Kier alpha value is -3.76. The molecule has 3 fully saturated rings. The normalized spacial score (nSPS) is 20.3. The SMILES string of the molecule is CO[C@@H](C)C(=O)N1CCC(c2cc(F)cc3cc(-c4nn5cc(C(=O)N6CCC[C@@H](N)C6)ccc5c4C)n(CC4CC4)c23)CC1. The van der Waals surface area contributed by atoms with Gasteiger partial charge in [-0.15, -0.1) is 0 Å². The van der Waals surface area contributed by atoms with Crippen LogP contribution in [-0.2, 0) is 16.1 Å². The lowest BCUT2D eigenvalue weighted by molar-refractivity contribution is -0.142. The molecule has 3 aromatic heterocycles. The zero-order chi connectivity index (χ0) is 31.4. The van der Waals surface area contributed by atoms with Gasteiger partial charge in [-0.05, 0) is 100 Å². The van der Waals surface area contributed by atoms with Gasteiger partial charge in [0.2, 0.25) is 0 Å². The van der Waals surface area contributed by atoms with Crippen LogP contribution in [0.15, 0.2) is 36.5 Å². The van der Waals surface area contributed by atoms with Crippen molar-refractivity contribution in [3.8, 4) is 11.4 Å². The number of piperidine rings is 2. The minimum absolute atomic E-state index is 0.00594. The fraction of sp³-hybridized carbons (Fsp3) is 0.514. The maximum Gasteiger partial charge on any atom is 0.255 e. The Balaban J connectivity index is 1.26. The number of likely N-dealkylation sites (tertiary alicyclic amines) is 2. The summed E-state index contributed by atoms with van der Waals surface area (Å²) in [6, 6.07) is 9.29. The summed E-state index contributed by atoms with van der Waals surface area (Å²) >= 11 is 0. The number of amides is 2. The standard InChI is InChI=1S/C35H43FN6O3/c1-21-30-9-8-25(35(44)40-12-4-5-28(37)20-40)19-42(30)38-32(21)31-16-26-15-27(36)17-29(33(26)41(31)18-23-6-7-23)24-10-13-39(14-11-24)34(43)22(2)45-3/h8-9,15-17,19,22-24,28H,4-7,10-14,18,20,37H2,1-3H3/t22-,28+/m0/s1. The van der Waals surface area contributed by atoms with E-state index in [4.69, 9.17) is 15.6 Å². The smallest absolute Gasteiger partial charge is 0.255 e. The summed E-state index contributed by atoms with van der Waals surface area (Å²) in [4.78, 5) is 29.8. The number of nitrogens with zero attached hydrogens (tertiary/aromatic N) is 5. The molecule has 45 heavy (non-hydrogen) atoms. The first kappa shape index (κ1) is 29.9. The number of hydrogen-bond acceptors (Lipinski definition) is 5. The molecule has 9 nitrogen and oxygen atoms in total. The molecule has 2 saturated heterocycles. The van der Waals surface area contributed by atoms with Crippen LogP contribution in [-0.4, -0.2) is 81.2 Å². The van der Waals surface area contributed by atoms with E-state index in [1.165, 1.54) is 12.8 Å². The molecule has 2 amide bonds. The molecule has 4 aromatic rings. The predicted molar refractivity (Wildman–Crippen MR) is 172 cm³/mol. The van der Waals surface area contributed by atoms with E-state index < -0.39 is 6.10 Å². The van der Waals surface area contributed by atoms with Crippen LogP contribution in [0.5, 0.6) is 0 Å². The lowest BCUT2D eigenvalue weighted by Crippen LogP contribution is -2.45. The van der Waals surface area contributed by atoms with Crippen LogP contribution in [0, 0.1) is 18.7 Å². The topological polar surface area (TPSA) is 98.1 Å². The molecule has 0 spiro atoms. The van der Waals surface area contributed by atoms with E-state index in [9.17, 15) is 9.59 Å². The number of hydrogen-bond donors (Lipinski definition) is 1. The van der Waals surface area contributed by atoms with Gasteiger partial charge in [0.05, 0.1) is 22.3 Å². The lowest BCUT2D eigenvalue weighted by atomic mass is 9.88. The Morgan fingerprint density at radius 3 is 2.56 bits per heavy atom. The molecular formula is C35H43FN6O3. The summed E-state index contributed by atoms with van der Waals surface area (Å²) in [7, 11) is 1.56. The highest BCUT2D eigenvalue weighted by Crippen LogP contribution is 2.41. The number of carbonyl (C=O) groups is 2. The molecule has 7 rings (SSSR count). The first-order valence-corrected chi connectivity index (χ1v) is 16.4. The van der Waals surface area contributed by atoms with Crippen LogP contribution in [0.1, 0.15) is 72.9 Å². The number of fused-ring (bicyclic) bond motifs is 2. The number of nitrogens with two attached hydrogens (primary N) is 1. The molecule has 2 N–H and O–H groups in total. The van der Waals surface area contributed by atoms with Crippen molar-refractivity contribution >= 4 is 28.2 Å². The fourth-order valence-corrected chi connectivity index (χ4v) is 7.35. The first-order chi connectivity index (χ1) is 21.7. The highest BCUT2D eigenvalue weighted by molar-refractivity contribution is 5.95. The van der Waals surface area contributed by atoms with Crippen molar-refractivity contribution in [1.82, 2.24) is 24.0 Å². The van der Waals surface area contributed by atoms with Crippen molar-refractivity contribution in [1.29, 1.82) is 0 Å². The Bertz CT molecular complexity index is 1770. The van der Waals surface area contributed by atoms with Crippen LogP contribution in [0.2, 0.25) is 0 Å². The van der Waals surface area contributed by atoms with E-state index >= 15 is 4.39 Å². The summed E-state index contributed by atoms with van der Waals surface area (Å²) in [5.74, 6) is 0.473. The van der Waals surface area contributed by atoms with Gasteiger partial charge in [0.15, 0.2) is 0 Å². The molecule has 10 heteroatoms. The number of benzene rings is 1. The molecule has 0 radical (unpaired) electrons. The zero-order valence-electron chi connectivity index (χ0n) is 26.5. The maximum atomic E-state index is 15.2. The number of pyridine rings is 1. The summed E-state index contributed by atoms with van der Waals surface area (Å²) < 4.78 is 24.7. The number of aromatic nitrogens is 3. The van der Waals surface area contributed by atoms with Crippen LogP contribution in [0.25, 0.3) is 27.8 Å². The van der Waals surface area contributed by atoms with Crippen molar-refractivity contribution < 1.29 is 18.7 Å². The second-order valence-corrected chi connectivity index (χ2v) is 13.4. The van der Waals surface area contributed by atoms with E-state index in [1.807, 2.05) is 32.6 Å². The highest BCUT2D eigenvalue weighted by atomic mass is 19.1. The molecule has 2 atom stereocenters. The van der Waals surface area contributed by atoms with E-state index in [0.717, 1.165) is 77.7 Å². The monoisotopic (exact) mass is 614 g/mol. The number of methoxy groups -OCH3 is 1. The number of halogens is 1. The third-order valence-electron chi connectivity index (χ3n) is 10.2. The molecule has 238 valence electrons. The first-order valence-electron chi connectivity index (χ1n) is 16.4. The summed E-state index contributed by atoms with van der Waals surface area (Å²) in [5, 5.41) is 5.91. The molecule has 1 saturated carbocycles. The molecule has 0 bridgehead atoms. The molecule has 2 aliphatic heterocycles. The van der Waals surface area contributed by atoms with Crippen molar-refractivity contribution in [2.45, 2.75) is 77.0 Å².